The molecule has 3 atom stereocenters. The number of hydrogen-bond acceptors (Lipinski definition) is 4. The summed E-state index contributed by atoms with van der Waals surface area (Å²) < 4.78 is 5.23. The van der Waals surface area contributed by atoms with E-state index in [9.17, 15) is 14.4 Å². The minimum Gasteiger partial charge on any atom is -0.380 e. The van der Waals surface area contributed by atoms with Gasteiger partial charge in [0.05, 0.1) is 6.10 Å². The highest BCUT2D eigenvalue weighted by molar-refractivity contribution is 6.08. The molecule has 3 saturated heterocycles. The molecule has 0 N–H and O–H groups in total. The SMILES string of the molecule is CO[C@@H]1C[C@H]2C(=O)N([C@@H]3CCN(C(C)C)C3=O)C(=O)N2C1. The Balaban J connectivity index is 1.78. The van der Waals surface area contributed by atoms with E-state index in [1.807, 2.05) is 13.8 Å². The Kier molecular flexibility index (Phi) is 3.39. The number of hydrogen-bond donors (Lipinski definition) is 0. The van der Waals surface area contributed by atoms with Gasteiger partial charge in [-0.1, -0.05) is 0 Å². The second-order valence-electron chi connectivity index (χ2n) is 6.18. The molecule has 3 rings (SSSR count). The molecular formula is C14H21N3O4. The second kappa shape index (κ2) is 4.98. The molecule has 7 nitrogen and oxygen atoms in total. The molecule has 7 heteroatoms. The predicted octanol–water partition coefficient (Wildman–Crippen LogP) is 0.0472. The molecule has 0 aromatic heterocycles. The lowest BCUT2D eigenvalue weighted by Crippen LogP contribution is -2.47. The number of carbonyl (C=O) groups is 3. The highest BCUT2D eigenvalue weighted by atomic mass is 16.5. The highest BCUT2D eigenvalue weighted by Crippen LogP contribution is 2.32. The summed E-state index contributed by atoms with van der Waals surface area (Å²) in [6.45, 7) is 4.91. The van der Waals surface area contributed by atoms with Gasteiger partial charge < -0.3 is 14.5 Å². The van der Waals surface area contributed by atoms with Crippen LogP contribution in [0.25, 0.3) is 0 Å². The average molecular weight is 295 g/mol. The maximum absolute atomic E-state index is 12.5. The lowest BCUT2D eigenvalue weighted by molar-refractivity contribution is -0.139. The molecule has 3 aliphatic heterocycles. The van der Waals surface area contributed by atoms with Gasteiger partial charge in [-0.25, -0.2) is 9.69 Å². The van der Waals surface area contributed by atoms with Crippen molar-refractivity contribution in [3.63, 3.8) is 0 Å². The molecule has 0 aromatic rings. The number of ether oxygens (including phenoxy) is 1. The Bertz CT molecular complexity index is 469. The lowest BCUT2D eigenvalue weighted by atomic mass is 10.1. The molecule has 4 amide bonds. The zero-order valence-corrected chi connectivity index (χ0v) is 12.6. The van der Waals surface area contributed by atoms with Crippen molar-refractivity contribution >= 4 is 17.8 Å². The molecule has 0 aromatic carbocycles. The summed E-state index contributed by atoms with van der Waals surface area (Å²) in [6.07, 6.45) is 0.964. The predicted molar refractivity (Wildman–Crippen MR) is 73.4 cm³/mol. The first-order valence-corrected chi connectivity index (χ1v) is 7.42. The molecule has 116 valence electrons. The standard InChI is InChI=1S/C14H21N3O4/c1-8(2)15-5-4-10(12(15)18)17-13(19)11-6-9(21-3)7-16(11)14(17)20/h8-11H,4-7H2,1-3H3/t9-,10-,11+/m1/s1. The van der Waals surface area contributed by atoms with Crippen LogP contribution in [0.2, 0.25) is 0 Å². The number of rotatable bonds is 3. The number of carbonyl (C=O) groups excluding carboxylic acids is 3. The minimum absolute atomic E-state index is 0.0866. The van der Waals surface area contributed by atoms with E-state index in [-0.39, 0.29) is 30.0 Å². The topological polar surface area (TPSA) is 70.2 Å². The Labute approximate surface area is 123 Å². The van der Waals surface area contributed by atoms with Crippen LogP contribution in [0, 0.1) is 0 Å². The van der Waals surface area contributed by atoms with E-state index in [4.69, 9.17) is 4.74 Å². The van der Waals surface area contributed by atoms with E-state index in [2.05, 4.69) is 0 Å². The summed E-state index contributed by atoms with van der Waals surface area (Å²) in [6, 6.07) is -1.33. The van der Waals surface area contributed by atoms with Crippen molar-refractivity contribution in [2.45, 2.75) is 50.9 Å². The second-order valence-corrected chi connectivity index (χ2v) is 6.18. The highest BCUT2D eigenvalue weighted by Gasteiger charge is 2.55. The third-order valence-electron chi connectivity index (χ3n) is 4.72. The zero-order valence-electron chi connectivity index (χ0n) is 12.6. The Morgan fingerprint density at radius 1 is 1.14 bits per heavy atom. The van der Waals surface area contributed by atoms with Crippen LogP contribution in [0.3, 0.4) is 0 Å². The summed E-state index contributed by atoms with van der Waals surface area (Å²) in [4.78, 5) is 41.8. The van der Waals surface area contributed by atoms with Gasteiger partial charge in [0, 0.05) is 32.7 Å². The molecule has 3 fully saturated rings. The quantitative estimate of drug-likeness (QED) is 0.690. The zero-order chi connectivity index (χ0) is 15.3. The smallest absolute Gasteiger partial charge is 0.328 e. The van der Waals surface area contributed by atoms with Crippen LogP contribution in [-0.4, -0.2) is 77.0 Å². The summed E-state index contributed by atoms with van der Waals surface area (Å²) in [5, 5.41) is 0. The molecule has 0 aliphatic carbocycles. The van der Waals surface area contributed by atoms with Gasteiger partial charge in [-0.2, -0.15) is 0 Å². The van der Waals surface area contributed by atoms with Crippen LogP contribution in [0.1, 0.15) is 26.7 Å². The van der Waals surface area contributed by atoms with Crippen LogP contribution in [0.4, 0.5) is 4.79 Å². The van der Waals surface area contributed by atoms with Crippen molar-refractivity contribution in [2.75, 3.05) is 20.2 Å². The average Bonchev–Trinajstić information content (AvgIpc) is 3.07. The van der Waals surface area contributed by atoms with Crippen molar-refractivity contribution in [2.24, 2.45) is 0 Å². The first kappa shape index (κ1) is 14.3. The first-order chi connectivity index (χ1) is 9.95. The van der Waals surface area contributed by atoms with Crippen molar-refractivity contribution in [1.29, 1.82) is 0 Å². The van der Waals surface area contributed by atoms with Gasteiger partial charge >= 0.3 is 6.03 Å². The molecule has 3 aliphatic rings. The van der Waals surface area contributed by atoms with Crippen molar-refractivity contribution in [3.05, 3.63) is 0 Å². The number of urea groups is 1. The number of amides is 4. The first-order valence-electron chi connectivity index (χ1n) is 7.42. The fourth-order valence-corrected chi connectivity index (χ4v) is 3.53. The normalized spacial score (nSPS) is 32.9. The van der Waals surface area contributed by atoms with E-state index in [1.54, 1.807) is 16.9 Å². The van der Waals surface area contributed by atoms with Crippen LogP contribution >= 0.6 is 0 Å². The number of nitrogens with zero attached hydrogens (tertiary/aromatic N) is 3. The molecule has 0 radical (unpaired) electrons. The summed E-state index contributed by atoms with van der Waals surface area (Å²) in [7, 11) is 1.58. The molecule has 3 heterocycles. The Morgan fingerprint density at radius 2 is 1.86 bits per heavy atom. The number of likely N-dealkylation sites (tertiary alicyclic amines) is 1. The molecule has 0 saturated carbocycles. The molecular weight excluding hydrogens is 274 g/mol. The summed E-state index contributed by atoms with van der Waals surface area (Å²) in [5.41, 5.74) is 0. The maximum Gasteiger partial charge on any atom is 0.328 e. The van der Waals surface area contributed by atoms with Gasteiger partial charge in [0.15, 0.2) is 0 Å². The summed E-state index contributed by atoms with van der Waals surface area (Å²) >= 11 is 0. The third-order valence-corrected chi connectivity index (χ3v) is 4.72. The van der Waals surface area contributed by atoms with Gasteiger partial charge in [-0.15, -0.1) is 0 Å². The third kappa shape index (κ3) is 2.02. The van der Waals surface area contributed by atoms with E-state index in [0.717, 1.165) is 0 Å². The van der Waals surface area contributed by atoms with Crippen molar-refractivity contribution in [3.8, 4) is 0 Å². The molecule has 0 spiro atoms. The molecule has 21 heavy (non-hydrogen) atoms. The van der Waals surface area contributed by atoms with E-state index >= 15 is 0 Å². The molecule has 0 bridgehead atoms. The van der Waals surface area contributed by atoms with E-state index in [1.165, 1.54) is 4.90 Å². The fraction of sp³-hybridized carbons (Fsp3) is 0.786. The molecule has 0 unspecified atom stereocenters. The largest absolute Gasteiger partial charge is 0.380 e. The van der Waals surface area contributed by atoms with Gasteiger partial charge in [-0.3, -0.25) is 9.59 Å². The lowest BCUT2D eigenvalue weighted by Gasteiger charge is -2.24. The van der Waals surface area contributed by atoms with Gasteiger partial charge in [0.2, 0.25) is 5.91 Å². The van der Waals surface area contributed by atoms with Crippen LogP contribution in [0.15, 0.2) is 0 Å². The van der Waals surface area contributed by atoms with Crippen LogP contribution in [0.5, 0.6) is 0 Å². The van der Waals surface area contributed by atoms with Gasteiger partial charge in [0.25, 0.3) is 5.91 Å². The van der Waals surface area contributed by atoms with Crippen molar-refractivity contribution < 1.29 is 19.1 Å². The Hall–Kier alpha value is -1.63. The van der Waals surface area contributed by atoms with E-state index < -0.39 is 12.1 Å². The monoisotopic (exact) mass is 295 g/mol. The van der Waals surface area contributed by atoms with Gasteiger partial charge in [-0.05, 0) is 20.3 Å². The minimum atomic E-state index is -0.626. The van der Waals surface area contributed by atoms with Gasteiger partial charge in [0.1, 0.15) is 12.1 Å². The van der Waals surface area contributed by atoms with E-state index in [0.29, 0.717) is 25.9 Å². The number of imide groups is 1. The number of methoxy groups -OCH3 is 1. The fourth-order valence-electron chi connectivity index (χ4n) is 3.53. The maximum atomic E-state index is 12.5. The van der Waals surface area contributed by atoms with Crippen LogP contribution in [-0.2, 0) is 14.3 Å². The van der Waals surface area contributed by atoms with Crippen LogP contribution < -0.4 is 0 Å². The van der Waals surface area contributed by atoms with Crippen molar-refractivity contribution in [1.82, 2.24) is 14.7 Å². The Morgan fingerprint density at radius 3 is 2.38 bits per heavy atom. The summed E-state index contributed by atoms with van der Waals surface area (Å²) in [5.74, 6) is -0.361. The number of fused-ring (bicyclic) bond motifs is 1.